The van der Waals surface area contributed by atoms with E-state index in [2.05, 4.69) is 193 Å². The lowest BCUT2D eigenvalue weighted by atomic mass is 9.70. The monoisotopic (exact) mass is 764 g/mol. The van der Waals surface area contributed by atoms with Gasteiger partial charge in [0.25, 0.3) is 0 Å². The molecule has 2 heteroatoms. The molecule has 0 aliphatic heterocycles. The first kappa shape index (κ1) is 34.5. The molecule has 0 aromatic heterocycles. The third kappa shape index (κ3) is 5.11. The van der Waals surface area contributed by atoms with Gasteiger partial charge in [-0.25, -0.2) is 0 Å². The SMILES string of the molecule is N=C1C=CC=C/C1=C(/NCc1ccc2c(c1)C1(c3ccccc3-c3ccccc31)c1ccc3c(c1-2)Cc1ccccc1-3)c1ccc(-c2cccc(-c3ccccc3)c2)cc1. The van der Waals surface area contributed by atoms with Crippen LogP contribution in [0.15, 0.2) is 212 Å². The third-order valence-corrected chi connectivity index (χ3v) is 13.2. The van der Waals surface area contributed by atoms with Gasteiger partial charge in [0.2, 0.25) is 0 Å². The number of hydrogen-bond donors (Lipinski definition) is 2. The van der Waals surface area contributed by atoms with Crippen LogP contribution in [-0.2, 0) is 18.4 Å². The summed E-state index contributed by atoms with van der Waals surface area (Å²) in [4.78, 5) is 0. The summed E-state index contributed by atoms with van der Waals surface area (Å²) in [6.07, 6.45) is 8.85. The molecule has 4 aliphatic carbocycles. The summed E-state index contributed by atoms with van der Waals surface area (Å²) < 4.78 is 0. The molecule has 8 aromatic rings. The van der Waals surface area contributed by atoms with Crippen LogP contribution in [0.4, 0.5) is 0 Å². The maximum Gasteiger partial charge on any atom is 0.0725 e. The summed E-state index contributed by atoms with van der Waals surface area (Å²) in [7, 11) is 0. The van der Waals surface area contributed by atoms with Crippen molar-refractivity contribution in [1.29, 1.82) is 5.41 Å². The van der Waals surface area contributed by atoms with Crippen molar-refractivity contribution >= 4 is 11.4 Å². The Morgan fingerprint density at radius 2 is 1.12 bits per heavy atom. The van der Waals surface area contributed by atoms with E-state index in [9.17, 15) is 0 Å². The first-order valence-electron chi connectivity index (χ1n) is 20.9. The summed E-state index contributed by atoms with van der Waals surface area (Å²) in [6, 6.07) is 67.1. The molecule has 0 amide bonds. The van der Waals surface area contributed by atoms with Crippen LogP contribution < -0.4 is 5.32 Å². The fourth-order valence-corrected chi connectivity index (χ4v) is 10.6. The number of benzene rings is 8. The van der Waals surface area contributed by atoms with Crippen LogP contribution in [0.25, 0.3) is 61.3 Å². The van der Waals surface area contributed by atoms with Crippen molar-refractivity contribution in [2.45, 2.75) is 18.4 Å². The first-order chi connectivity index (χ1) is 29.7. The molecular formula is C58H40N2. The van der Waals surface area contributed by atoms with Crippen LogP contribution in [0, 0.1) is 5.41 Å². The van der Waals surface area contributed by atoms with Crippen molar-refractivity contribution in [1.82, 2.24) is 5.32 Å². The van der Waals surface area contributed by atoms with E-state index in [0.717, 1.165) is 28.8 Å². The highest BCUT2D eigenvalue weighted by Gasteiger charge is 2.52. The molecule has 4 aliphatic rings. The van der Waals surface area contributed by atoms with Gasteiger partial charge in [0.1, 0.15) is 0 Å². The summed E-state index contributed by atoms with van der Waals surface area (Å²) >= 11 is 0. The molecule has 282 valence electrons. The standard InChI is InChI=1S/C58H40N2/c59-55-24-11-8-21-49(55)57(40-28-26-39(27-29-40)42-17-12-16-41(34-42)38-13-2-1-3-14-38)60-36-37-25-30-48-54(33-37)58(51-22-9-6-19-46(51)47-20-7-10-23-52(47)58)53-32-31-45-44-18-5-4-15-43(44)35-50(45)56(48)53/h1-34,59-60H,35-36H2/b57-49-,59-55?. The van der Waals surface area contributed by atoms with Crippen LogP contribution in [0.1, 0.15) is 44.5 Å². The Morgan fingerprint density at radius 1 is 0.483 bits per heavy atom. The topological polar surface area (TPSA) is 35.9 Å². The average Bonchev–Trinajstić information content (AvgIpc) is 3.94. The molecule has 1 spiro atoms. The number of allylic oxidation sites excluding steroid dienone is 5. The Kier molecular flexibility index (Phi) is 7.77. The summed E-state index contributed by atoms with van der Waals surface area (Å²) in [5.41, 5.74) is 25.3. The maximum atomic E-state index is 8.99. The zero-order chi connectivity index (χ0) is 39.8. The van der Waals surface area contributed by atoms with E-state index < -0.39 is 5.41 Å². The molecule has 2 N–H and O–H groups in total. The minimum absolute atomic E-state index is 0.425. The number of hydrogen-bond acceptors (Lipinski definition) is 2. The van der Waals surface area contributed by atoms with Crippen LogP contribution >= 0.6 is 0 Å². The van der Waals surface area contributed by atoms with Gasteiger partial charge in [0.15, 0.2) is 0 Å². The normalized spacial score (nSPS) is 15.2. The summed E-state index contributed by atoms with van der Waals surface area (Å²) in [5, 5.41) is 12.9. The van der Waals surface area contributed by atoms with Crippen molar-refractivity contribution in [3.8, 4) is 55.6 Å². The van der Waals surface area contributed by atoms with Gasteiger partial charge >= 0.3 is 0 Å². The average molecular weight is 765 g/mol. The Morgan fingerprint density at radius 3 is 1.87 bits per heavy atom. The lowest BCUT2D eigenvalue weighted by Gasteiger charge is -2.31. The Hall–Kier alpha value is -7.55. The second-order valence-electron chi connectivity index (χ2n) is 16.4. The van der Waals surface area contributed by atoms with Crippen LogP contribution in [-0.4, -0.2) is 5.71 Å². The van der Waals surface area contributed by atoms with Crippen LogP contribution in [0.5, 0.6) is 0 Å². The van der Waals surface area contributed by atoms with Gasteiger partial charge < -0.3 is 10.7 Å². The van der Waals surface area contributed by atoms with E-state index >= 15 is 0 Å². The Bertz CT molecular complexity index is 3130. The largest absolute Gasteiger partial charge is 0.380 e. The van der Waals surface area contributed by atoms with Crippen molar-refractivity contribution in [2.24, 2.45) is 0 Å². The maximum absolute atomic E-state index is 8.99. The van der Waals surface area contributed by atoms with E-state index in [4.69, 9.17) is 5.41 Å². The molecule has 0 saturated carbocycles. The first-order valence-corrected chi connectivity index (χ1v) is 20.9. The smallest absolute Gasteiger partial charge is 0.0725 e. The molecular weight excluding hydrogens is 725 g/mol. The molecule has 0 atom stereocenters. The van der Waals surface area contributed by atoms with E-state index in [1.807, 2.05) is 18.2 Å². The second kappa shape index (κ2) is 13.5. The van der Waals surface area contributed by atoms with E-state index in [-0.39, 0.29) is 0 Å². The van der Waals surface area contributed by atoms with E-state index in [0.29, 0.717) is 12.3 Å². The fourth-order valence-electron chi connectivity index (χ4n) is 10.6. The predicted molar refractivity (Wildman–Crippen MR) is 248 cm³/mol. The lowest BCUT2D eigenvalue weighted by molar-refractivity contribution is 0.787. The number of nitrogens with one attached hydrogen (secondary N) is 2. The van der Waals surface area contributed by atoms with Gasteiger partial charge in [-0.3, -0.25) is 0 Å². The molecule has 0 bridgehead atoms. The molecule has 2 nitrogen and oxygen atoms in total. The minimum Gasteiger partial charge on any atom is -0.380 e. The van der Waals surface area contributed by atoms with Crippen LogP contribution in [0.2, 0.25) is 0 Å². The van der Waals surface area contributed by atoms with E-state index in [1.54, 1.807) is 0 Å². The van der Waals surface area contributed by atoms with Crippen molar-refractivity contribution < 1.29 is 0 Å². The second-order valence-corrected chi connectivity index (χ2v) is 16.4. The number of fused-ring (bicyclic) bond motifs is 14. The molecule has 0 heterocycles. The van der Waals surface area contributed by atoms with Crippen molar-refractivity contribution in [3.05, 3.63) is 256 Å². The Labute approximate surface area is 351 Å². The van der Waals surface area contributed by atoms with Gasteiger partial charge in [0.05, 0.1) is 16.8 Å². The molecule has 12 rings (SSSR count). The van der Waals surface area contributed by atoms with E-state index in [1.165, 1.54) is 89.0 Å². The van der Waals surface area contributed by atoms with Gasteiger partial charge in [0, 0.05) is 12.1 Å². The van der Waals surface area contributed by atoms with Gasteiger partial charge in [-0.15, -0.1) is 0 Å². The van der Waals surface area contributed by atoms with Crippen LogP contribution in [0.3, 0.4) is 0 Å². The zero-order valence-electron chi connectivity index (χ0n) is 33.0. The summed E-state index contributed by atoms with van der Waals surface area (Å²) in [5.74, 6) is 0. The molecule has 60 heavy (non-hydrogen) atoms. The predicted octanol–water partition coefficient (Wildman–Crippen LogP) is 13.6. The molecule has 8 aromatic carbocycles. The number of rotatable bonds is 6. The van der Waals surface area contributed by atoms with Gasteiger partial charge in [-0.1, -0.05) is 194 Å². The quantitative estimate of drug-likeness (QED) is 0.174. The Balaban J connectivity index is 0.956. The molecule has 0 unspecified atom stereocenters. The molecule has 0 fully saturated rings. The van der Waals surface area contributed by atoms with Gasteiger partial charge in [-0.05, 0) is 119 Å². The zero-order valence-corrected chi connectivity index (χ0v) is 33.0. The lowest BCUT2D eigenvalue weighted by Crippen LogP contribution is -2.26. The minimum atomic E-state index is -0.425. The van der Waals surface area contributed by atoms with Crippen molar-refractivity contribution in [2.75, 3.05) is 0 Å². The summed E-state index contributed by atoms with van der Waals surface area (Å²) in [6.45, 7) is 0.608. The molecule has 0 radical (unpaired) electrons. The van der Waals surface area contributed by atoms with Gasteiger partial charge in [-0.2, -0.15) is 0 Å². The molecule has 0 saturated heterocycles. The highest BCUT2D eigenvalue weighted by molar-refractivity contribution is 6.14. The highest BCUT2D eigenvalue weighted by atomic mass is 14.9. The fraction of sp³-hybridized carbons (Fsp3) is 0.0517. The highest BCUT2D eigenvalue weighted by Crippen LogP contribution is 2.64. The van der Waals surface area contributed by atoms with Crippen molar-refractivity contribution in [3.63, 3.8) is 0 Å². The third-order valence-electron chi connectivity index (χ3n) is 13.2.